The van der Waals surface area contributed by atoms with Gasteiger partial charge in [0.25, 0.3) is 5.91 Å². The zero-order valence-corrected chi connectivity index (χ0v) is 16.9. The van der Waals surface area contributed by atoms with E-state index in [-0.39, 0.29) is 5.91 Å². The summed E-state index contributed by atoms with van der Waals surface area (Å²) in [4.78, 5) is 12.6. The first-order valence-electron chi connectivity index (χ1n) is 10.1. The fourth-order valence-corrected chi connectivity index (χ4v) is 3.29. The minimum Gasteiger partial charge on any atom is -0.480 e. The smallest absolute Gasteiger partial charge is 0.261 e. The van der Waals surface area contributed by atoms with Gasteiger partial charge in [-0.25, -0.2) is 0 Å². The SMILES string of the molecule is CC[C@H](Oc1cccc2ccccc12)C(=O)NCCc1ccc(C(C)C)cc1. The summed E-state index contributed by atoms with van der Waals surface area (Å²) in [6, 6.07) is 22.6. The molecule has 0 saturated heterocycles. The highest BCUT2D eigenvalue weighted by molar-refractivity contribution is 5.89. The standard InChI is InChI=1S/C25H29NO2/c1-4-23(28-24-11-7-9-21-8-5-6-10-22(21)24)25(27)26-17-16-19-12-14-20(15-13-19)18(2)3/h5-15,18,23H,4,16-17H2,1-3H3,(H,26,27)/t23-/m0/s1. The maximum absolute atomic E-state index is 12.6. The van der Waals surface area contributed by atoms with E-state index in [2.05, 4.69) is 43.4 Å². The van der Waals surface area contributed by atoms with Crippen molar-refractivity contribution in [3.05, 3.63) is 77.9 Å². The molecule has 0 aliphatic carbocycles. The van der Waals surface area contributed by atoms with E-state index in [0.717, 1.165) is 22.9 Å². The zero-order valence-electron chi connectivity index (χ0n) is 16.9. The Balaban J connectivity index is 1.57. The van der Waals surface area contributed by atoms with Gasteiger partial charge in [0.05, 0.1) is 0 Å². The summed E-state index contributed by atoms with van der Waals surface area (Å²) in [6.45, 7) is 6.96. The normalized spacial score (nSPS) is 12.1. The summed E-state index contributed by atoms with van der Waals surface area (Å²) < 4.78 is 6.07. The number of hydrogen-bond acceptors (Lipinski definition) is 2. The van der Waals surface area contributed by atoms with Crippen molar-refractivity contribution in [2.75, 3.05) is 6.54 Å². The van der Waals surface area contributed by atoms with E-state index in [1.165, 1.54) is 11.1 Å². The largest absolute Gasteiger partial charge is 0.480 e. The predicted molar refractivity (Wildman–Crippen MR) is 116 cm³/mol. The van der Waals surface area contributed by atoms with E-state index < -0.39 is 6.10 Å². The van der Waals surface area contributed by atoms with Crippen LogP contribution in [0.5, 0.6) is 5.75 Å². The molecule has 0 saturated carbocycles. The number of carbonyl (C=O) groups is 1. The van der Waals surface area contributed by atoms with Gasteiger partial charge in [-0.05, 0) is 41.3 Å². The van der Waals surface area contributed by atoms with Crippen molar-refractivity contribution in [3.63, 3.8) is 0 Å². The summed E-state index contributed by atoms with van der Waals surface area (Å²) >= 11 is 0. The Kier molecular flexibility index (Phi) is 6.70. The van der Waals surface area contributed by atoms with E-state index in [1.54, 1.807) is 0 Å². The van der Waals surface area contributed by atoms with Gasteiger partial charge in [-0.2, -0.15) is 0 Å². The third-order valence-electron chi connectivity index (χ3n) is 5.04. The van der Waals surface area contributed by atoms with Gasteiger partial charge in [0.1, 0.15) is 5.75 Å². The van der Waals surface area contributed by atoms with Crippen molar-refractivity contribution in [2.45, 2.75) is 45.6 Å². The fourth-order valence-electron chi connectivity index (χ4n) is 3.29. The first-order chi connectivity index (χ1) is 13.6. The molecule has 0 fully saturated rings. The van der Waals surface area contributed by atoms with Crippen LogP contribution in [0, 0.1) is 0 Å². The number of ether oxygens (including phenoxy) is 1. The monoisotopic (exact) mass is 375 g/mol. The molecule has 0 spiro atoms. The molecule has 0 aliphatic heterocycles. The molecular weight excluding hydrogens is 346 g/mol. The van der Waals surface area contributed by atoms with Gasteiger partial charge in [-0.3, -0.25) is 4.79 Å². The Morgan fingerprint density at radius 3 is 2.39 bits per heavy atom. The van der Waals surface area contributed by atoms with Crippen molar-refractivity contribution >= 4 is 16.7 Å². The summed E-state index contributed by atoms with van der Waals surface area (Å²) in [6.07, 6.45) is 0.946. The number of nitrogens with one attached hydrogen (secondary N) is 1. The van der Waals surface area contributed by atoms with E-state index >= 15 is 0 Å². The van der Waals surface area contributed by atoms with Crippen LogP contribution in [0.4, 0.5) is 0 Å². The summed E-state index contributed by atoms with van der Waals surface area (Å²) in [5.41, 5.74) is 2.56. The lowest BCUT2D eigenvalue weighted by Crippen LogP contribution is -2.39. The van der Waals surface area contributed by atoms with Gasteiger partial charge < -0.3 is 10.1 Å². The Labute approximate surface area is 167 Å². The maximum atomic E-state index is 12.6. The van der Waals surface area contributed by atoms with Crippen molar-refractivity contribution in [3.8, 4) is 5.75 Å². The van der Waals surface area contributed by atoms with Gasteiger partial charge in [0.15, 0.2) is 6.10 Å². The lowest BCUT2D eigenvalue weighted by molar-refractivity contribution is -0.128. The lowest BCUT2D eigenvalue weighted by atomic mass is 10.0. The molecule has 3 aromatic carbocycles. The molecule has 1 N–H and O–H groups in total. The molecule has 28 heavy (non-hydrogen) atoms. The second kappa shape index (κ2) is 9.41. The highest BCUT2D eigenvalue weighted by atomic mass is 16.5. The Morgan fingerprint density at radius 1 is 0.964 bits per heavy atom. The van der Waals surface area contributed by atoms with Crippen LogP contribution >= 0.6 is 0 Å². The summed E-state index contributed by atoms with van der Waals surface area (Å²) in [5, 5.41) is 5.16. The fraction of sp³-hybridized carbons (Fsp3) is 0.320. The Bertz CT molecular complexity index is 910. The Morgan fingerprint density at radius 2 is 1.68 bits per heavy atom. The van der Waals surface area contributed by atoms with E-state index in [9.17, 15) is 4.79 Å². The zero-order chi connectivity index (χ0) is 19.9. The lowest BCUT2D eigenvalue weighted by Gasteiger charge is -2.18. The van der Waals surface area contributed by atoms with Gasteiger partial charge in [-0.15, -0.1) is 0 Å². The van der Waals surface area contributed by atoms with Crippen LogP contribution in [-0.2, 0) is 11.2 Å². The summed E-state index contributed by atoms with van der Waals surface area (Å²) in [5.74, 6) is 1.23. The number of fused-ring (bicyclic) bond motifs is 1. The van der Waals surface area contributed by atoms with Crippen molar-refractivity contribution in [1.29, 1.82) is 0 Å². The van der Waals surface area contributed by atoms with Gasteiger partial charge >= 0.3 is 0 Å². The van der Waals surface area contributed by atoms with E-state index in [1.807, 2.05) is 49.4 Å². The molecule has 3 nitrogen and oxygen atoms in total. The van der Waals surface area contributed by atoms with Gasteiger partial charge in [0, 0.05) is 11.9 Å². The van der Waals surface area contributed by atoms with Crippen LogP contribution in [0.25, 0.3) is 10.8 Å². The molecule has 3 heteroatoms. The van der Waals surface area contributed by atoms with Crippen LogP contribution in [-0.4, -0.2) is 18.6 Å². The maximum Gasteiger partial charge on any atom is 0.261 e. The molecule has 0 aromatic heterocycles. The molecule has 146 valence electrons. The molecule has 0 heterocycles. The molecule has 3 aromatic rings. The van der Waals surface area contributed by atoms with Gasteiger partial charge in [-0.1, -0.05) is 81.4 Å². The number of amides is 1. The van der Waals surface area contributed by atoms with E-state index in [0.29, 0.717) is 18.9 Å². The molecule has 0 unspecified atom stereocenters. The molecule has 3 rings (SSSR count). The second-order valence-corrected chi connectivity index (χ2v) is 7.43. The molecule has 1 amide bonds. The van der Waals surface area contributed by atoms with Crippen LogP contribution in [0.1, 0.15) is 44.2 Å². The van der Waals surface area contributed by atoms with E-state index in [4.69, 9.17) is 4.74 Å². The third kappa shape index (κ3) is 4.92. The minimum absolute atomic E-state index is 0.0609. The highest BCUT2D eigenvalue weighted by Crippen LogP contribution is 2.26. The van der Waals surface area contributed by atoms with Gasteiger partial charge in [0.2, 0.25) is 0 Å². The number of benzene rings is 3. The minimum atomic E-state index is -0.492. The number of carbonyl (C=O) groups excluding carboxylic acids is 1. The van der Waals surface area contributed by atoms with Crippen LogP contribution in [0.15, 0.2) is 66.7 Å². The molecule has 0 bridgehead atoms. The molecular formula is C25H29NO2. The van der Waals surface area contributed by atoms with Crippen LogP contribution in [0.3, 0.4) is 0 Å². The molecule has 0 aliphatic rings. The number of hydrogen-bond donors (Lipinski definition) is 1. The molecule has 0 radical (unpaired) electrons. The first-order valence-corrected chi connectivity index (χ1v) is 10.1. The van der Waals surface area contributed by atoms with Crippen molar-refractivity contribution < 1.29 is 9.53 Å². The highest BCUT2D eigenvalue weighted by Gasteiger charge is 2.18. The summed E-state index contributed by atoms with van der Waals surface area (Å²) in [7, 11) is 0. The predicted octanol–water partition coefficient (Wildman–Crippen LogP) is 5.48. The Hall–Kier alpha value is -2.81. The second-order valence-electron chi connectivity index (χ2n) is 7.43. The van der Waals surface area contributed by atoms with Crippen molar-refractivity contribution in [2.24, 2.45) is 0 Å². The average molecular weight is 376 g/mol. The number of rotatable bonds is 8. The van der Waals surface area contributed by atoms with Crippen molar-refractivity contribution in [1.82, 2.24) is 5.32 Å². The molecule has 1 atom stereocenters. The average Bonchev–Trinajstić information content (AvgIpc) is 2.72. The van der Waals surface area contributed by atoms with Crippen LogP contribution < -0.4 is 10.1 Å². The topological polar surface area (TPSA) is 38.3 Å². The first kappa shape index (κ1) is 19.9. The third-order valence-corrected chi connectivity index (χ3v) is 5.04. The van der Waals surface area contributed by atoms with Crippen LogP contribution in [0.2, 0.25) is 0 Å². The quantitative estimate of drug-likeness (QED) is 0.566.